The van der Waals surface area contributed by atoms with Crippen LogP contribution in [0.4, 0.5) is 0 Å². The molecule has 154 valence electrons. The second kappa shape index (κ2) is 9.50. The molecule has 6 nitrogen and oxygen atoms in total. The van der Waals surface area contributed by atoms with Gasteiger partial charge in [-0.05, 0) is 36.6 Å². The number of nitrogens with zero attached hydrogens (tertiary/aromatic N) is 1. The van der Waals surface area contributed by atoms with Crippen molar-refractivity contribution in [1.29, 1.82) is 0 Å². The number of halogens is 1. The number of hydrogen-bond acceptors (Lipinski definition) is 4. The molecule has 1 atom stereocenters. The van der Waals surface area contributed by atoms with Crippen molar-refractivity contribution in [3.05, 3.63) is 92.1 Å². The summed E-state index contributed by atoms with van der Waals surface area (Å²) in [6, 6.07) is 17.3. The molecule has 0 aliphatic rings. The molecule has 0 bridgehead atoms. The van der Waals surface area contributed by atoms with E-state index in [-0.39, 0.29) is 24.5 Å². The van der Waals surface area contributed by atoms with Crippen LogP contribution in [0.1, 0.15) is 18.9 Å². The van der Waals surface area contributed by atoms with Gasteiger partial charge in [0, 0.05) is 23.4 Å². The summed E-state index contributed by atoms with van der Waals surface area (Å²) in [6.45, 7) is 1.06. The molecule has 0 saturated carbocycles. The molecule has 0 radical (unpaired) electrons. The number of Topliss-reactive ketones (excluding diaryl/α,β-unsaturated/α-hetero) is 2. The van der Waals surface area contributed by atoms with Gasteiger partial charge in [0.15, 0.2) is 5.78 Å². The molecule has 3 rings (SSSR count). The fourth-order valence-electron chi connectivity index (χ4n) is 3.23. The van der Waals surface area contributed by atoms with Crippen molar-refractivity contribution < 1.29 is 9.59 Å². The molecule has 1 heterocycles. The van der Waals surface area contributed by atoms with E-state index < -0.39 is 17.2 Å². The summed E-state index contributed by atoms with van der Waals surface area (Å²) in [5.41, 5.74) is 0.665. The summed E-state index contributed by atoms with van der Waals surface area (Å²) >= 11 is 5.86. The zero-order valence-corrected chi connectivity index (χ0v) is 17.2. The summed E-state index contributed by atoms with van der Waals surface area (Å²) in [4.78, 5) is 52.0. The summed E-state index contributed by atoms with van der Waals surface area (Å²) < 4.78 is 0.849. The molecule has 3 aromatic rings. The number of hydrogen-bond donors (Lipinski definition) is 1. The molecule has 0 saturated heterocycles. The lowest BCUT2D eigenvalue weighted by Gasteiger charge is -2.13. The monoisotopic (exact) mass is 424 g/mol. The predicted octanol–water partition coefficient (Wildman–Crippen LogP) is 3.26. The third-order valence-corrected chi connectivity index (χ3v) is 5.14. The van der Waals surface area contributed by atoms with Crippen LogP contribution in [0.5, 0.6) is 0 Å². The van der Waals surface area contributed by atoms with Gasteiger partial charge in [-0.25, -0.2) is 4.79 Å². The zero-order chi connectivity index (χ0) is 21.7. The number of H-pyrrole nitrogens is 1. The van der Waals surface area contributed by atoms with Crippen LogP contribution in [-0.4, -0.2) is 21.1 Å². The third-order valence-electron chi connectivity index (χ3n) is 4.88. The van der Waals surface area contributed by atoms with Crippen LogP contribution in [-0.2, 0) is 22.6 Å². The van der Waals surface area contributed by atoms with E-state index in [1.807, 2.05) is 30.3 Å². The first-order valence-corrected chi connectivity index (χ1v) is 9.87. The number of ketones is 2. The fourth-order valence-corrected chi connectivity index (χ4v) is 3.35. The number of aromatic nitrogens is 2. The molecule has 30 heavy (non-hydrogen) atoms. The van der Waals surface area contributed by atoms with Crippen LogP contribution >= 0.6 is 11.6 Å². The summed E-state index contributed by atoms with van der Waals surface area (Å²) in [7, 11) is 0. The Balaban J connectivity index is 1.75. The second-order valence-corrected chi connectivity index (χ2v) is 7.60. The molecule has 0 aliphatic carbocycles. The number of rotatable bonds is 8. The van der Waals surface area contributed by atoms with Crippen molar-refractivity contribution >= 4 is 23.2 Å². The Kier molecular flexibility index (Phi) is 6.79. The Bertz CT molecular complexity index is 1130. The van der Waals surface area contributed by atoms with Gasteiger partial charge in [-0.3, -0.25) is 19.0 Å². The zero-order valence-electron chi connectivity index (χ0n) is 16.4. The van der Waals surface area contributed by atoms with E-state index in [1.54, 1.807) is 24.3 Å². The minimum absolute atomic E-state index is 0.0327. The molecule has 1 aromatic heterocycles. The van der Waals surface area contributed by atoms with Gasteiger partial charge in [0.1, 0.15) is 5.78 Å². The van der Waals surface area contributed by atoms with E-state index in [1.165, 1.54) is 13.0 Å². The highest BCUT2D eigenvalue weighted by molar-refractivity contribution is 6.30. The molecular formula is C23H21ClN2O4. The Labute approximate surface area is 178 Å². The van der Waals surface area contributed by atoms with Crippen LogP contribution < -0.4 is 11.2 Å². The molecular weight excluding hydrogens is 404 g/mol. The Hall–Kier alpha value is -3.25. The van der Waals surface area contributed by atoms with Crippen molar-refractivity contribution in [3.63, 3.8) is 0 Å². The molecule has 0 amide bonds. The van der Waals surface area contributed by atoms with Crippen molar-refractivity contribution in [1.82, 2.24) is 9.55 Å². The highest BCUT2D eigenvalue weighted by atomic mass is 35.5. The van der Waals surface area contributed by atoms with Gasteiger partial charge in [-0.1, -0.05) is 54.1 Å². The lowest BCUT2D eigenvalue weighted by molar-refractivity contribution is -0.127. The molecule has 0 fully saturated rings. The molecule has 1 N–H and O–H groups in total. The summed E-state index contributed by atoms with van der Waals surface area (Å²) in [6.07, 6.45) is 0.401. The van der Waals surface area contributed by atoms with Gasteiger partial charge in [-0.2, -0.15) is 0 Å². The number of carbonyl (C=O) groups is 2. The average Bonchev–Trinajstić information content (AvgIpc) is 2.71. The van der Waals surface area contributed by atoms with Crippen molar-refractivity contribution in [2.75, 3.05) is 0 Å². The first-order valence-electron chi connectivity index (χ1n) is 9.49. The van der Waals surface area contributed by atoms with Crippen LogP contribution in [0.25, 0.3) is 11.3 Å². The smallest absolute Gasteiger partial charge is 0.307 e. The van der Waals surface area contributed by atoms with E-state index in [0.29, 0.717) is 22.7 Å². The lowest BCUT2D eigenvalue weighted by atomic mass is 9.91. The van der Waals surface area contributed by atoms with E-state index in [4.69, 9.17) is 11.6 Å². The van der Waals surface area contributed by atoms with Gasteiger partial charge in [0.2, 0.25) is 0 Å². The van der Waals surface area contributed by atoms with E-state index in [0.717, 1.165) is 10.1 Å². The minimum Gasteiger partial charge on any atom is -0.307 e. The van der Waals surface area contributed by atoms with Crippen molar-refractivity contribution in [2.24, 2.45) is 5.92 Å². The fraction of sp³-hybridized carbons (Fsp3) is 0.217. The molecule has 2 aromatic carbocycles. The van der Waals surface area contributed by atoms with Crippen LogP contribution in [0, 0.1) is 5.92 Å². The Morgan fingerprint density at radius 1 is 1.03 bits per heavy atom. The van der Waals surface area contributed by atoms with Crippen molar-refractivity contribution in [2.45, 2.75) is 26.3 Å². The highest BCUT2D eigenvalue weighted by Crippen LogP contribution is 2.18. The summed E-state index contributed by atoms with van der Waals surface area (Å²) in [5, 5.41) is 0.538. The van der Waals surface area contributed by atoms with Crippen LogP contribution in [0.15, 0.2) is 70.3 Å². The topological polar surface area (TPSA) is 89.0 Å². The predicted molar refractivity (Wildman–Crippen MR) is 116 cm³/mol. The van der Waals surface area contributed by atoms with E-state index in [9.17, 15) is 19.2 Å². The second-order valence-electron chi connectivity index (χ2n) is 7.16. The maximum Gasteiger partial charge on any atom is 0.329 e. The quantitative estimate of drug-likeness (QED) is 0.601. The minimum atomic E-state index is -0.678. The van der Waals surface area contributed by atoms with Gasteiger partial charge in [-0.15, -0.1) is 0 Å². The number of aromatic amines is 1. The summed E-state index contributed by atoms with van der Waals surface area (Å²) in [5.74, 6) is -0.951. The molecule has 0 spiro atoms. The van der Waals surface area contributed by atoms with Gasteiger partial charge in [0.25, 0.3) is 5.56 Å². The van der Waals surface area contributed by atoms with Gasteiger partial charge < -0.3 is 4.98 Å². The normalized spacial score (nSPS) is 11.8. The third kappa shape index (κ3) is 5.42. The highest BCUT2D eigenvalue weighted by Gasteiger charge is 2.20. The van der Waals surface area contributed by atoms with Crippen molar-refractivity contribution in [3.8, 4) is 11.3 Å². The number of carbonyl (C=O) groups excluding carboxylic acids is 2. The van der Waals surface area contributed by atoms with Crippen LogP contribution in [0.3, 0.4) is 0 Å². The average molecular weight is 425 g/mol. The Morgan fingerprint density at radius 3 is 2.30 bits per heavy atom. The Morgan fingerprint density at radius 2 is 1.70 bits per heavy atom. The standard InChI is InChI=1S/C23H21ClN2O4/c1-15(27)18(11-16-5-3-2-4-6-16)12-20(28)14-26-22(29)13-21(25-23(26)30)17-7-9-19(24)10-8-17/h2-10,13,18H,11-12,14H2,1H3,(H,25,30). The maximum atomic E-state index is 12.5. The largest absolute Gasteiger partial charge is 0.329 e. The number of nitrogens with one attached hydrogen (secondary N) is 1. The molecule has 0 aliphatic heterocycles. The number of benzene rings is 2. The first kappa shape index (κ1) is 21.5. The van der Waals surface area contributed by atoms with E-state index >= 15 is 0 Å². The maximum absolute atomic E-state index is 12.5. The van der Waals surface area contributed by atoms with Gasteiger partial charge in [0.05, 0.1) is 12.2 Å². The first-order chi connectivity index (χ1) is 14.3. The SMILES string of the molecule is CC(=O)C(CC(=O)Cn1c(=O)cc(-c2ccc(Cl)cc2)[nH]c1=O)Cc1ccccc1. The molecule has 7 heteroatoms. The van der Waals surface area contributed by atoms with Crippen LogP contribution in [0.2, 0.25) is 5.02 Å². The van der Waals surface area contributed by atoms with E-state index in [2.05, 4.69) is 4.98 Å². The van der Waals surface area contributed by atoms with Gasteiger partial charge >= 0.3 is 5.69 Å². The molecule has 1 unspecified atom stereocenters. The lowest BCUT2D eigenvalue weighted by Crippen LogP contribution is -2.37.